The molecule has 0 heterocycles. The van der Waals surface area contributed by atoms with Crippen LogP contribution in [-0.2, 0) is 4.74 Å². The van der Waals surface area contributed by atoms with E-state index in [1.807, 2.05) is 0 Å². The molecule has 0 radical (unpaired) electrons. The van der Waals surface area contributed by atoms with Crippen LogP contribution < -0.4 is 0 Å². The summed E-state index contributed by atoms with van der Waals surface area (Å²) in [7, 11) is 0. The largest absolute Gasteiger partial charge is 0.573 e. The number of ether oxygens (including phenoxy) is 1. The molecule has 0 spiro atoms. The zero-order valence-electron chi connectivity index (χ0n) is 6.70. The maximum Gasteiger partial charge on any atom is 0.573 e. The second-order valence-electron chi connectivity index (χ2n) is 2.56. The summed E-state index contributed by atoms with van der Waals surface area (Å²) in [6, 6.07) is 0. The molecule has 5 heteroatoms. The molecular formula is C8H8BrF3O. The Hall–Kier alpha value is -0.450. The van der Waals surface area contributed by atoms with Crippen LogP contribution in [0, 0.1) is 0 Å². The summed E-state index contributed by atoms with van der Waals surface area (Å²) in [5, 5.41) is 0.384. The van der Waals surface area contributed by atoms with Gasteiger partial charge >= 0.3 is 6.36 Å². The molecule has 0 amide bonds. The fraction of sp³-hybridized carbons (Fsp3) is 0.500. The number of hydrogen-bond donors (Lipinski definition) is 0. The van der Waals surface area contributed by atoms with Crippen molar-refractivity contribution in [2.45, 2.75) is 19.2 Å². The predicted molar refractivity (Wildman–Crippen MR) is 46.3 cm³/mol. The van der Waals surface area contributed by atoms with Gasteiger partial charge in [-0.2, -0.15) is 0 Å². The Morgan fingerprint density at radius 1 is 1.31 bits per heavy atom. The first-order valence-corrected chi connectivity index (χ1v) is 4.86. The second-order valence-corrected chi connectivity index (χ2v) is 3.12. The average molecular weight is 257 g/mol. The zero-order chi connectivity index (χ0) is 9.90. The van der Waals surface area contributed by atoms with Gasteiger partial charge in [0.25, 0.3) is 0 Å². The number of alkyl halides is 4. The lowest BCUT2D eigenvalue weighted by Gasteiger charge is -2.16. The van der Waals surface area contributed by atoms with Gasteiger partial charge in [0, 0.05) is 10.9 Å². The van der Waals surface area contributed by atoms with Gasteiger partial charge in [-0.25, -0.2) is 0 Å². The standard InChI is InChI=1S/C8H8BrF3O/c9-5-6-3-1-2-4-7(6)13-8(10,11)12/h3-4H,1-2,5H2. The highest BCUT2D eigenvalue weighted by molar-refractivity contribution is 9.09. The summed E-state index contributed by atoms with van der Waals surface area (Å²) in [4.78, 5) is 0. The third-order valence-electron chi connectivity index (χ3n) is 1.57. The van der Waals surface area contributed by atoms with E-state index in [-0.39, 0.29) is 5.76 Å². The van der Waals surface area contributed by atoms with Gasteiger partial charge in [-0.1, -0.05) is 22.0 Å². The van der Waals surface area contributed by atoms with Crippen molar-refractivity contribution < 1.29 is 17.9 Å². The van der Waals surface area contributed by atoms with Crippen LogP contribution in [0.25, 0.3) is 0 Å². The molecule has 0 unspecified atom stereocenters. The van der Waals surface area contributed by atoms with Gasteiger partial charge in [-0.15, -0.1) is 13.2 Å². The minimum absolute atomic E-state index is 0.0735. The van der Waals surface area contributed by atoms with Crippen LogP contribution in [0.3, 0.4) is 0 Å². The molecule has 1 aliphatic carbocycles. The SMILES string of the molecule is FC(F)(F)OC1=CCCC=C1CBr. The van der Waals surface area contributed by atoms with Crippen molar-refractivity contribution in [1.29, 1.82) is 0 Å². The van der Waals surface area contributed by atoms with Gasteiger partial charge in [0.15, 0.2) is 0 Å². The monoisotopic (exact) mass is 256 g/mol. The van der Waals surface area contributed by atoms with Gasteiger partial charge in [0.1, 0.15) is 5.76 Å². The second kappa shape index (κ2) is 4.17. The molecule has 74 valence electrons. The molecule has 0 aromatic carbocycles. The summed E-state index contributed by atoms with van der Waals surface area (Å²) < 4.78 is 39.4. The van der Waals surface area contributed by atoms with Crippen molar-refractivity contribution in [3.63, 3.8) is 0 Å². The fourth-order valence-electron chi connectivity index (χ4n) is 1.06. The number of allylic oxidation sites excluding steroid dienone is 3. The van der Waals surface area contributed by atoms with Crippen molar-refractivity contribution in [3.8, 4) is 0 Å². The van der Waals surface area contributed by atoms with Crippen LogP contribution in [0.5, 0.6) is 0 Å². The van der Waals surface area contributed by atoms with Crippen molar-refractivity contribution >= 4 is 15.9 Å². The molecule has 1 rings (SSSR count). The van der Waals surface area contributed by atoms with Crippen molar-refractivity contribution in [2.24, 2.45) is 0 Å². The van der Waals surface area contributed by atoms with Crippen LogP contribution >= 0.6 is 15.9 Å². The lowest BCUT2D eigenvalue weighted by Crippen LogP contribution is -2.15. The molecule has 0 aromatic heterocycles. The summed E-state index contributed by atoms with van der Waals surface area (Å²) in [5.41, 5.74) is 0.559. The van der Waals surface area contributed by atoms with Crippen LogP contribution in [0.1, 0.15) is 12.8 Å². The van der Waals surface area contributed by atoms with Gasteiger partial charge in [-0.3, -0.25) is 0 Å². The Kier molecular flexibility index (Phi) is 3.41. The summed E-state index contributed by atoms with van der Waals surface area (Å²) >= 11 is 3.10. The number of halogens is 4. The van der Waals surface area contributed by atoms with Gasteiger partial charge in [0.05, 0.1) is 0 Å². The normalized spacial score (nSPS) is 17.8. The molecule has 0 fully saturated rings. The highest BCUT2D eigenvalue weighted by atomic mass is 79.9. The Balaban J connectivity index is 2.68. The lowest BCUT2D eigenvalue weighted by atomic mass is 10.1. The minimum Gasteiger partial charge on any atom is -0.406 e. The molecule has 0 saturated heterocycles. The van der Waals surface area contributed by atoms with E-state index in [9.17, 15) is 13.2 Å². The van der Waals surface area contributed by atoms with Gasteiger partial charge in [0.2, 0.25) is 0 Å². The highest BCUT2D eigenvalue weighted by Crippen LogP contribution is 2.28. The molecule has 0 saturated carbocycles. The smallest absolute Gasteiger partial charge is 0.406 e. The molecule has 0 atom stereocenters. The molecule has 0 bridgehead atoms. The Morgan fingerprint density at radius 2 is 1.92 bits per heavy atom. The van der Waals surface area contributed by atoms with E-state index in [1.54, 1.807) is 6.08 Å². The Labute approximate surface area is 82.4 Å². The molecule has 1 aliphatic rings. The molecule has 1 nitrogen and oxygen atoms in total. The van der Waals surface area contributed by atoms with Gasteiger partial charge < -0.3 is 4.74 Å². The summed E-state index contributed by atoms with van der Waals surface area (Å²) in [6.45, 7) is 0. The van der Waals surface area contributed by atoms with E-state index < -0.39 is 6.36 Å². The van der Waals surface area contributed by atoms with E-state index in [2.05, 4.69) is 20.7 Å². The van der Waals surface area contributed by atoms with E-state index in [1.165, 1.54) is 6.08 Å². The molecule has 13 heavy (non-hydrogen) atoms. The van der Waals surface area contributed by atoms with Crippen molar-refractivity contribution in [3.05, 3.63) is 23.5 Å². The lowest BCUT2D eigenvalue weighted by molar-refractivity contribution is -0.304. The van der Waals surface area contributed by atoms with Crippen molar-refractivity contribution in [2.75, 3.05) is 5.33 Å². The summed E-state index contributed by atoms with van der Waals surface area (Å²) in [6.07, 6.45) is -0.0160. The maximum absolute atomic E-state index is 11.8. The van der Waals surface area contributed by atoms with E-state index in [4.69, 9.17) is 0 Å². The van der Waals surface area contributed by atoms with Crippen LogP contribution in [-0.4, -0.2) is 11.7 Å². The van der Waals surface area contributed by atoms with E-state index >= 15 is 0 Å². The van der Waals surface area contributed by atoms with E-state index in [0.29, 0.717) is 17.3 Å². The third-order valence-corrected chi connectivity index (χ3v) is 2.18. The fourth-order valence-corrected chi connectivity index (χ4v) is 1.56. The first-order valence-electron chi connectivity index (χ1n) is 3.74. The Morgan fingerprint density at radius 3 is 2.46 bits per heavy atom. The maximum atomic E-state index is 11.8. The highest BCUT2D eigenvalue weighted by Gasteiger charge is 2.33. The minimum atomic E-state index is -4.59. The van der Waals surface area contributed by atoms with E-state index in [0.717, 1.165) is 6.42 Å². The zero-order valence-corrected chi connectivity index (χ0v) is 8.28. The van der Waals surface area contributed by atoms with Crippen molar-refractivity contribution in [1.82, 2.24) is 0 Å². The van der Waals surface area contributed by atoms with Crippen LogP contribution in [0.4, 0.5) is 13.2 Å². The molecule has 0 aliphatic heterocycles. The van der Waals surface area contributed by atoms with Crippen LogP contribution in [0.2, 0.25) is 0 Å². The molecular weight excluding hydrogens is 249 g/mol. The third kappa shape index (κ3) is 3.42. The topological polar surface area (TPSA) is 9.23 Å². The number of hydrogen-bond acceptors (Lipinski definition) is 1. The quantitative estimate of drug-likeness (QED) is 0.687. The van der Waals surface area contributed by atoms with Gasteiger partial charge in [-0.05, 0) is 18.9 Å². The molecule has 0 N–H and O–H groups in total. The first kappa shape index (κ1) is 10.6. The first-order chi connectivity index (χ1) is 6.03. The summed E-state index contributed by atoms with van der Waals surface area (Å²) in [5.74, 6) is -0.0735. The van der Waals surface area contributed by atoms with Crippen LogP contribution in [0.15, 0.2) is 23.5 Å². The number of rotatable bonds is 2. The molecule has 0 aromatic rings. The Bertz CT molecular complexity index is 242. The predicted octanol–water partition coefficient (Wildman–Crippen LogP) is 3.52. The average Bonchev–Trinajstić information content (AvgIpc) is 2.02.